The van der Waals surface area contributed by atoms with Gasteiger partial charge in [0, 0.05) is 28.9 Å². The Kier molecular flexibility index (Phi) is 4.78. The second-order valence-electron chi connectivity index (χ2n) is 8.66. The molecule has 0 unspecified atom stereocenters. The molecule has 0 atom stereocenters. The maximum atomic E-state index is 12.4. The quantitative estimate of drug-likeness (QED) is 0.666. The highest BCUT2D eigenvalue weighted by Gasteiger charge is 2.30. The van der Waals surface area contributed by atoms with Crippen LogP contribution in [0, 0.1) is 12.8 Å². The number of sulfonamides is 1. The van der Waals surface area contributed by atoms with Crippen LogP contribution in [-0.4, -0.2) is 40.1 Å². The topological polar surface area (TPSA) is 101 Å². The first-order valence-corrected chi connectivity index (χ1v) is 12.2. The number of pyridine rings is 1. The van der Waals surface area contributed by atoms with Gasteiger partial charge < -0.3 is 4.98 Å². The summed E-state index contributed by atoms with van der Waals surface area (Å²) in [5, 5.41) is 2.15. The van der Waals surface area contributed by atoms with Crippen LogP contribution in [0.2, 0.25) is 0 Å². The van der Waals surface area contributed by atoms with Crippen LogP contribution in [0.15, 0.2) is 18.5 Å². The van der Waals surface area contributed by atoms with Gasteiger partial charge in [0.05, 0.1) is 23.2 Å². The Labute approximate surface area is 170 Å². The first kappa shape index (κ1) is 18.9. The van der Waals surface area contributed by atoms with E-state index in [0.717, 1.165) is 78.4 Å². The van der Waals surface area contributed by atoms with Crippen molar-refractivity contribution in [2.45, 2.75) is 63.8 Å². The molecule has 2 N–H and O–H groups in total. The van der Waals surface area contributed by atoms with E-state index in [4.69, 9.17) is 4.98 Å². The highest BCUT2D eigenvalue weighted by Crippen LogP contribution is 2.39. The molecule has 0 spiro atoms. The lowest BCUT2D eigenvalue weighted by atomic mass is 9.80. The molecule has 2 aliphatic rings. The molecule has 2 aliphatic carbocycles. The van der Waals surface area contributed by atoms with Crippen molar-refractivity contribution >= 4 is 32.0 Å². The van der Waals surface area contributed by atoms with E-state index in [1.807, 2.05) is 25.4 Å². The summed E-state index contributed by atoms with van der Waals surface area (Å²) < 4.78 is 27.8. The summed E-state index contributed by atoms with van der Waals surface area (Å²) in [4.78, 5) is 17.1. The molecule has 0 radical (unpaired) electrons. The molecule has 7 nitrogen and oxygen atoms in total. The van der Waals surface area contributed by atoms with Crippen LogP contribution in [0.4, 0.5) is 0 Å². The second-order valence-corrected chi connectivity index (χ2v) is 10.5. The Morgan fingerprint density at radius 3 is 2.66 bits per heavy atom. The van der Waals surface area contributed by atoms with Crippen LogP contribution in [-0.2, 0) is 10.0 Å². The van der Waals surface area contributed by atoms with Crippen LogP contribution in [0.5, 0.6) is 0 Å². The monoisotopic (exact) mass is 413 g/mol. The third kappa shape index (κ3) is 3.75. The first-order valence-electron chi connectivity index (χ1n) is 10.6. The SMILES string of the molecule is Cc1nc(C2CCC(CS(=O)(=O)NC3CCC3)CC2)c2c(cnc3[nH]ccc32)n1. The average Bonchev–Trinajstić information content (AvgIpc) is 3.13. The third-order valence-corrected chi connectivity index (χ3v) is 8.13. The van der Waals surface area contributed by atoms with Crippen LogP contribution in [0.3, 0.4) is 0 Å². The molecule has 29 heavy (non-hydrogen) atoms. The molecule has 0 aromatic carbocycles. The highest BCUT2D eigenvalue weighted by atomic mass is 32.2. The number of aromatic amines is 1. The van der Waals surface area contributed by atoms with Gasteiger partial charge in [0.2, 0.25) is 10.0 Å². The molecule has 0 aliphatic heterocycles. The highest BCUT2D eigenvalue weighted by molar-refractivity contribution is 7.89. The predicted molar refractivity (Wildman–Crippen MR) is 113 cm³/mol. The van der Waals surface area contributed by atoms with E-state index in [0.29, 0.717) is 5.92 Å². The van der Waals surface area contributed by atoms with Gasteiger partial charge in [-0.25, -0.2) is 28.1 Å². The van der Waals surface area contributed by atoms with E-state index in [1.165, 1.54) is 0 Å². The minimum atomic E-state index is -3.17. The number of nitrogens with one attached hydrogen (secondary N) is 2. The van der Waals surface area contributed by atoms with Gasteiger partial charge in [-0.3, -0.25) is 0 Å². The van der Waals surface area contributed by atoms with Gasteiger partial charge in [-0.05, 0) is 57.4 Å². The number of fused-ring (bicyclic) bond motifs is 3. The van der Waals surface area contributed by atoms with Crippen LogP contribution >= 0.6 is 0 Å². The van der Waals surface area contributed by atoms with Crippen molar-refractivity contribution in [3.05, 3.63) is 30.0 Å². The molecule has 5 rings (SSSR count). The molecular formula is C21H27N5O2S. The first-order chi connectivity index (χ1) is 14.0. The number of aryl methyl sites for hydroxylation is 1. The molecule has 154 valence electrons. The lowest BCUT2D eigenvalue weighted by molar-refractivity contribution is 0.340. The van der Waals surface area contributed by atoms with Gasteiger partial charge in [0.1, 0.15) is 11.5 Å². The Morgan fingerprint density at radius 1 is 1.14 bits per heavy atom. The van der Waals surface area contributed by atoms with Crippen molar-refractivity contribution in [1.29, 1.82) is 0 Å². The summed E-state index contributed by atoms with van der Waals surface area (Å²) in [5.74, 6) is 1.58. The Morgan fingerprint density at radius 2 is 1.93 bits per heavy atom. The van der Waals surface area contributed by atoms with Crippen molar-refractivity contribution in [3.63, 3.8) is 0 Å². The molecule has 3 aromatic rings. The predicted octanol–water partition coefficient (Wildman–Crippen LogP) is 3.56. The standard InChI is InChI=1S/C21H27N5O2S/c1-13-24-18-11-23-21-17(9-10-22-21)19(18)20(25-13)15-7-5-14(6-8-15)12-29(27,28)26-16-3-2-4-16/h9-11,14-16,26H,2-8,12H2,1H3,(H,22,23). The van der Waals surface area contributed by atoms with Crippen molar-refractivity contribution < 1.29 is 8.42 Å². The third-order valence-electron chi connectivity index (χ3n) is 6.53. The van der Waals surface area contributed by atoms with Gasteiger partial charge in [0.25, 0.3) is 0 Å². The normalized spacial score (nSPS) is 23.5. The van der Waals surface area contributed by atoms with E-state index in [9.17, 15) is 8.42 Å². The molecule has 0 amide bonds. The summed E-state index contributed by atoms with van der Waals surface area (Å²) in [6.45, 7) is 1.93. The van der Waals surface area contributed by atoms with E-state index in [1.54, 1.807) is 0 Å². The van der Waals surface area contributed by atoms with Crippen molar-refractivity contribution in [1.82, 2.24) is 24.7 Å². The fourth-order valence-electron chi connectivity index (χ4n) is 4.82. The summed E-state index contributed by atoms with van der Waals surface area (Å²) in [6, 6.07) is 2.21. The second kappa shape index (κ2) is 7.32. The number of hydrogen-bond donors (Lipinski definition) is 2. The van der Waals surface area contributed by atoms with Crippen molar-refractivity contribution in [2.24, 2.45) is 5.92 Å². The van der Waals surface area contributed by atoms with E-state index >= 15 is 0 Å². The minimum Gasteiger partial charge on any atom is -0.346 e. The zero-order valence-electron chi connectivity index (χ0n) is 16.7. The van der Waals surface area contributed by atoms with Crippen LogP contribution in [0.25, 0.3) is 21.9 Å². The fourth-order valence-corrected chi connectivity index (χ4v) is 6.61. The molecule has 8 heteroatoms. The Hall–Kier alpha value is -2.06. The number of aromatic nitrogens is 4. The molecule has 2 fully saturated rings. The Bertz CT molecular complexity index is 1140. The van der Waals surface area contributed by atoms with Crippen molar-refractivity contribution in [2.75, 3.05) is 5.75 Å². The number of hydrogen-bond acceptors (Lipinski definition) is 5. The average molecular weight is 414 g/mol. The Balaban J connectivity index is 1.35. The molecule has 0 saturated heterocycles. The van der Waals surface area contributed by atoms with E-state index < -0.39 is 10.0 Å². The number of H-pyrrole nitrogens is 1. The molecule has 2 saturated carbocycles. The van der Waals surface area contributed by atoms with E-state index in [-0.39, 0.29) is 17.7 Å². The van der Waals surface area contributed by atoms with Crippen LogP contribution in [0.1, 0.15) is 62.4 Å². The molecular weight excluding hydrogens is 386 g/mol. The van der Waals surface area contributed by atoms with Gasteiger partial charge in [-0.2, -0.15) is 0 Å². The maximum Gasteiger partial charge on any atom is 0.212 e. The zero-order valence-corrected chi connectivity index (χ0v) is 17.5. The lowest BCUT2D eigenvalue weighted by Gasteiger charge is -2.30. The number of rotatable bonds is 5. The molecule has 0 bridgehead atoms. The van der Waals surface area contributed by atoms with E-state index in [2.05, 4.69) is 19.7 Å². The molecule has 3 heterocycles. The number of nitrogens with zero attached hydrogens (tertiary/aromatic N) is 3. The smallest absolute Gasteiger partial charge is 0.212 e. The summed E-state index contributed by atoms with van der Waals surface area (Å²) in [5.41, 5.74) is 2.83. The summed E-state index contributed by atoms with van der Waals surface area (Å²) >= 11 is 0. The lowest BCUT2D eigenvalue weighted by Crippen LogP contribution is -2.42. The zero-order chi connectivity index (χ0) is 20.0. The summed E-state index contributed by atoms with van der Waals surface area (Å²) in [7, 11) is -3.17. The fraction of sp³-hybridized carbons (Fsp3) is 0.571. The van der Waals surface area contributed by atoms with Gasteiger partial charge in [-0.1, -0.05) is 6.42 Å². The minimum absolute atomic E-state index is 0.170. The van der Waals surface area contributed by atoms with Crippen LogP contribution < -0.4 is 4.72 Å². The molecule has 3 aromatic heterocycles. The largest absolute Gasteiger partial charge is 0.346 e. The van der Waals surface area contributed by atoms with Crippen molar-refractivity contribution in [3.8, 4) is 0 Å². The van der Waals surface area contributed by atoms with Gasteiger partial charge >= 0.3 is 0 Å². The van der Waals surface area contributed by atoms with Gasteiger partial charge in [-0.15, -0.1) is 0 Å². The summed E-state index contributed by atoms with van der Waals surface area (Å²) in [6.07, 6.45) is 10.6. The maximum absolute atomic E-state index is 12.4. The van der Waals surface area contributed by atoms with Gasteiger partial charge in [0.15, 0.2) is 0 Å².